The lowest BCUT2D eigenvalue weighted by molar-refractivity contribution is -0.870. The zero-order valence-electron chi connectivity index (χ0n) is 16.8. The highest BCUT2D eigenvalue weighted by atomic mass is 79.9. The van der Waals surface area contributed by atoms with Gasteiger partial charge in [-0.25, -0.2) is 13.1 Å². The Hall–Kier alpha value is -0.700. The number of alkyl halides is 15. The smallest absolute Gasteiger partial charge is 0.460 e. The van der Waals surface area contributed by atoms with Crippen molar-refractivity contribution >= 4 is 10.0 Å². The third kappa shape index (κ3) is 5.65. The van der Waals surface area contributed by atoms with Crippen LogP contribution in [0.1, 0.15) is 6.42 Å². The average molecular weight is 629 g/mol. The van der Waals surface area contributed by atoms with E-state index in [9.17, 15) is 74.3 Å². The number of hydrogen-bond donors (Lipinski definition) is 1. The van der Waals surface area contributed by atoms with Crippen molar-refractivity contribution in [2.24, 2.45) is 0 Å². The Morgan fingerprint density at radius 2 is 0.941 bits per heavy atom. The largest absolute Gasteiger partial charge is 1.00 e. The molecule has 0 aromatic heterocycles. The average Bonchev–Trinajstić information content (AvgIpc) is 2.55. The van der Waals surface area contributed by atoms with Crippen LogP contribution in [0.3, 0.4) is 0 Å². The second-order valence-corrected chi connectivity index (χ2v) is 9.46. The zero-order valence-corrected chi connectivity index (χ0v) is 19.2. The lowest BCUT2D eigenvalue weighted by Crippen LogP contribution is -3.00. The number of hydrogen-bond acceptors (Lipinski definition) is 2. The molecule has 0 radical (unpaired) electrons. The molecule has 4 nitrogen and oxygen atoms in total. The Labute approximate surface area is 192 Å². The minimum atomic E-state index is -8.54. The highest BCUT2D eigenvalue weighted by Gasteiger charge is 2.94. The zero-order chi connectivity index (χ0) is 27.3. The van der Waals surface area contributed by atoms with Crippen LogP contribution in [0.4, 0.5) is 65.9 Å². The summed E-state index contributed by atoms with van der Waals surface area (Å²) in [4.78, 5) is 0. The molecule has 0 fully saturated rings. The van der Waals surface area contributed by atoms with Crippen LogP contribution in [-0.4, -0.2) is 88.2 Å². The number of nitrogens with one attached hydrogen (secondary N) is 1. The van der Waals surface area contributed by atoms with Crippen molar-refractivity contribution in [1.82, 2.24) is 4.72 Å². The summed E-state index contributed by atoms with van der Waals surface area (Å²) < 4.78 is 219. The molecule has 1 N–H and O–H groups in total. The summed E-state index contributed by atoms with van der Waals surface area (Å²) >= 11 is 0. The van der Waals surface area contributed by atoms with E-state index in [1.807, 2.05) is 0 Å². The van der Waals surface area contributed by atoms with Crippen LogP contribution in [-0.2, 0) is 10.0 Å². The molecule has 208 valence electrons. The molecule has 0 bridgehead atoms. The van der Waals surface area contributed by atoms with Gasteiger partial charge in [-0.15, -0.1) is 0 Å². The molecule has 0 saturated heterocycles. The van der Waals surface area contributed by atoms with E-state index < -0.39 is 64.0 Å². The molecule has 0 unspecified atom stereocenters. The summed E-state index contributed by atoms with van der Waals surface area (Å²) in [5.74, 6) is -41.6. The van der Waals surface area contributed by atoms with Crippen molar-refractivity contribution in [3.63, 3.8) is 0 Å². The lowest BCUT2D eigenvalue weighted by atomic mass is 9.94. The molecule has 34 heavy (non-hydrogen) atoms. The Balaban J connectivity index is 0. The fourth-order valence-corrected chi connectivity index (χ4v) is 3.03. The van der Waals surface area contributed by atoms with Crippen molar-refractivity contribution in [1.29, 1.82) is 0 Å². The predicted molar refractivity (Wildman–Crippen MR) is 80.2 cm³/mol. The summed E-state index contributed by atoms with van der Waals surface area (Å²) in [5.41, 5.74) is 0. The van der Waals surface area contributed by atoms with Gasteiger partial charge in [0.2, 0.25) is 0 Å². The van der Waals surface area contributed by atoms with Crippen molar-refractivity contribution in [3.8, 4) is 0 Å². The number of quaternary nitrogens is 1. The number of nitrogens with zero attached hydrogens (tertiary/aromatic N) is 1. The van der Waals surface area contributed by atoms with E-state index in [0.29, 0.717) is 4.72 Å². The molecule has 0 atom stereocenters. The van der Waals surface area contributed by atoms with Crippen LogP contribution in [0.2, 0.25) is 0 Å². The van der Waals surface area contributed by atoms with Crippen LogP contribution in [0, 0.1) is 0 Å². The van der Waals surface area contributed by atoms with Gasteiger partial charge in [0.15, 0.2) is 0 Å². The van der Waals surface area contributed by atoms with Crippen LogP contribution in [0.5, 0.6) is 0 Å². The van der Waals surface area contributed by atoms with Gasteiger partial charge >= 0.3 is 41.0 Å². The predicted octanol–water partition coefficient (Wildman–Crippen LogP) is 1.34. The van der Waals surface area contributed by atoms with Gasteiger partial charge in [-0.05, 0) is 0 Å². The van der Waals surface area contributed by atoms with Crippen molar-refractivity contribution < 1.29 is 95.7 Å². The van der Waals surface area contributed by atoms with Gasteiger partial charge in [0.05, 0.1) is 27.7 Å². The molecular formula is C13H16BrF15N2O2S. The molecule has 0 aliphatic carbocycles. The first-order valence-corrected chi connectivity index (χ1v) is 9.57. The summed E-state index contributed by atoms with van der Waals surface area (Å²) in [6, 6.07) is 0. The second kappa shape index (κ2) is 9.64. The maximum absolute atomic E-state index is 13.7. The Morgan fingerprint density at radius 3 is 1.26 bits per heavy atom. The van der Waals surface area contributed by atoms with Gasteiger partial charge in [0.1, 0.15) is 0 Å². The normalized spacial score (nSPS) is 15.8. The number of sulfonamides is 1. The minimum Gasteiger partial charge on any atom is -1.00 e. The van der Waals surface area contributed by atoms with Crippen molar-refractivity contribution in [2.75, 3.05) is 34.2 Å². The molecule has 0 amide bonds. The topological polar surface area (TPSA) is 46.2 Å². The Kier molecular flexibility index (Phi) is 10.1. The van der Waals surface area contributed by atoms with E-state index in [1.165, 1.54) is 21.1 Å². The molecule has 0 aliphatic heterocycles. The monoisotopic (exact) mass is 628 g/mol. The van der Waals surface area contributed by atoms with Gasteiger partial charge in [0, 0.05) is 13.0 Å². The molecule has 21 heteroatoms. The minimum absolute atomic E-state index is 0. The van der Waals surface area contributed by atoms with Gasteiger partial charge in [-0.3, -0.25) is 0 Å². The molecular weight excluding hydrogens is 613 g/mol. The fourth-order valence-electron chi connectivity index (χ4n) is 1.97. The van der Waals surface area contributed by atoms with E-state index >= 15 is 0 Å². The fraction of sp³-hybridized carbons (Fsp3) is 1.00. The first kappa shape index (κ1) is 35.5. The number of rotatable bonds is 11. The molecule has 0 heterocycles. The first-order chi connectivity index (χ1) is 14.0. The van der Waals surface area contributed by atoms with Gasteiger partial charge in [0.25, 0.3) is 10.0 Å². The van der Waals surface area contributed by atoms with E-state index in [-0.39, 0.29) is 28.0 Å². The molecule has 0 aromatic rings. The first-order valence-electron chi connectivity index (χ1n) is 8.09. The number of halogens is 16. The molecule has 0 spiro atoms. The van der Waals surface area contributed by atoms with Crippen LogP contribution in [0.15, 0.2) is 0 Å². The van der Waals surface area contributed by atoms with E-state index in [1.54, 1.807) is 0 Å². The van der Waals surface area contributed by atoms with Crippen LogP contribution < -0.4 is 21.7 Å². The van der Waals surface area contributed by atoms with E-state index in [4.69, 9.17) is 0 Å². The second-order valence-electron chi connectivity index (χ2n) is 7.65. The standard InChI is InChI=1S/C13H16F15N2O2S.BrH/c1-30(2,3)6-4-5-29-33(31,32)13(27,28)11(22,23)9(18,19)7(14,15)8(16,17)10(20,21)12(24,25)26;/h29H,4-6H2,1-3H3;1H/q+1;/p-1. The van der Waals surface area contributed by atoms with Gasteiger partial charge < -0.3 is 21.5 Å². The lowest BCUT2D eigenvalue weighted by Gasteiger charge is -2.41. The summed E-state index contributed by atoms with van der Waals surface area (Å²) in [5, 5.41) is -7.38. The van der Waals surface area contributed by atoms with Gasteiger partial charge in [-0.2, -0.15) is 65.9 Å². The molecule has 0 rings (SSSR count). The summed E-state index contributed by atoms with van der Waals surface area (Å²) in [6.07, 6.45) is -8.17. The highest BCUT2D eigenvalue weighted by molar-refractivity contribution is 7.90. The molecule has 0 aliphatic rings. The summed E-state index contributed by atoms with van der Waals surface area (Å²) in [6.45, 7) is -1.24. The molecule has 0 saturated carbocycles. The molecule has 0 aromatic carbocycles. The highest BCUT2D eigenvalue weighted by Crippen LogP contribution is 2.62. The van der Waals surface area contributed by atoms with Gasteiger partial charge in [-0.1, -0.05) is 0 Å². The summed E-state index contributed by atoms with van der Waals surface area (Å²) in [7, 11) is -2.69. The third-order valence-corrected chi connectivity index (χ3v) is 5.45. The van der Waals surface area contributed by atoms with Crippen molar-refractivity contribution in [2.45, 2.75) is 47.5 Å². The Morgan fingerprint density at radius 1 is 0.618 bits per heavy atom. The SMILES string of the molecule is C[N+](C)(C)CCCNS(=O)(=O)C(F)(F)C(F)(F)C(F)(F)C(F)(F)C(F)(F)C(F)(F)C(F)(F)F.[Br-]. The van der Waals surface area contributed by atoms with Crippen LogP contribution >= 0.6 is 0 Å². The van der Waals surface area contributed by atoms with E-state index in [2.05, 4.69) is 0 Å². The quantitative estimate of drug-likeness (QED) is 0.213. The van der Waals surface area contributed by atoms with Crippen molar-refractivity contribution in [3.05, 3.63) is 0 Å². The maximum Gasteiger partial charge on any atom is 0.460 e. The van der Waals surface area contributed by atoms with Crippen LogP contribution in [0.25, 0.3) is 0 Å². The van der Waals surface area contributed by atoms with E-state index in [0.717, 1.165) is 0 Å². The maximum atomic E-state index is 13.7. The third-order valence-electron chi connectivity index (χ3n) is 3.93. The Bertz CT molecular complexity index is 806.